The molecule has 0 aliphatic carbocycles. The number of hydrogen-bond acceptors (Lipinski definition) is 4. The lowest BCUT2D eigenvalue weighted by atomic mass is 10.0. The summed E-state index contributed by atoms with van der Waals surface area (Å²) in [7, 11) is 1.71. The van der Waals surface area contributed by atoms with Crippen molar-refractivity contribution in [3.05, 3.63) is 0 Å². The van der Waals surface area contributed by atoms with Crippen molar-refractivity contribution in [3.8, 4) is 0 Å². The Morgan fingerprint density at radius 2 is 2.29 bits per heavy atom. The van der Waals surface area contributed by atoms with Gasteiger partial charge in [0.2, 0.25) is 5.91 Å². The van der Waals surface area contributed by atoms with Crippen LogP contribution in [-0.2, 0) is 14.3 Å². The minimum atomic E-state index is -0.200. The maximum atomic E-state index is 11.4. The molecule has 0 aromatic rings. The average molecular weight is 244 g/mol. The third-order valence-electron chi connectivity index (χ3n) is 2.93. The normalized spacial score (nSPS) is 24.2. The third-order valence-corrected chi connectivity index (χ3v) is 2.93. The first-order chi connectivity index (χ1) is 8.08. The molecule has 1 aliphatic rings. The fourth-order valence-electron chi connectivity index (χ4n) is 1.87. The van der Waals surface area contributed by atoms with Crippen molar-refractivity contribution in [2.24, 2.45) is 0 Å². The molecular weight excluding hydrogens is 220 g/mol. The van der Waals surface area contributed by atoms with Crippen LogP contribution in [0.3, 0.4) is 0 Å². The summed E-state index contributed by atoms with van der Waals surface area (Å²) in [5.41, 5.74) is -0.200. The summed E-state index contributed by atoms with van der Waals surface area (Å²) >= 11 is 0. The molecule has 1 saturated heterocycles. The van der Waals surface area contributed by atoms with Gasteiger partial charge in [-0.2, -0.15) is 0 Å². The number of ether oxygens (including phenoxy) is 2. The van der Waals surface area contributed by atoms with E-state index in [-0.39, 0.29) is 17.6 Å². The monoisotopic (exact) mass is 244 g/mol. The van der Waals surface area contributed by atoms with Crippen molar-refractivity contribution in [2.45, 2.75) is 38.3 Å². The van der Waals surface area contributed by atoms with Gasteiger partial charge in [0.25, 0.3) is 0 Å². The molecule has 2 N–H and O–H groups in total. The number of amides is 1. The van der Waals surface area contributed by atoms with Crippen LogP contribution in [0.15, 0.2) is 0 Å². The minimum absolute atomic E-state index is 0.0849. The van der Waals surface area contributed by atoms with Crippen molar-refractivity contribution >= 4 is 5.91 Å². The number of nitrogens with one attached hydrogen (secondary N) is 2. The van der Waals surface area contributed by atoms with Gasteiger partial charge in [0.05, 0.1) is 6.61 Å². The van der Waals surface area contributed by atoms with E-state index in [1.54, 1.807) is 7.11 Å². The number of rotatable bonds is 7. The van der Waals surface area contributed by atoms with Crippen LogP contribution in [0.2, 0.25) is 0 Å². The maximum absolute atomic E-state index is 11.4. The Bertz CT molecular complexity index is 238. The van der Waals surface area contributed by atoms with Gasteiger partial charge in [0, 0.05) is 45.7 Å². The van der Waals surface area contributed by atoms with Gasteiger partial charge in [0.15, 0.2) is 0 Å². The van der Waals surface area contributed by atoms with Crippen molar-refractivity contribution < 1.29 is 14.3 Å². The van der Waals surface area contributed by atoms with E-state index in [1.165, 1.54) is 0 Å². The summed E-state index contributed by atoms with van der Waals surface area (Å²) < 4.78 is 10.8. The highest BCUT2D eigenvalue weighted by Gasteiger charge is 2.34. The summed E-state index contributed by atoms with van der Waals surface area (Å²) in [5, 5.41) is 6.12. The highest BCUT2D eigenvalue weighted by molar-refractivity contribution is 5.76. The SMILES string of the molecule is COC1(CNCCC(=O)NC(C)C)CCOC1. The molecular formula is C12H24N2O3. The van der Waals surface area contributed by atoms with Crippen LogP contribution in [0.25, 0.3) is 0 Å². The lowest BCUT2D eigenvalue weighted by Gasteiger charge is -2.26. The molecule has 5 heteroatoms. The van der Waals surface area contributed by atoms with E-state index in [1.807, 2.05) is 13.8 Å². The Morgan fingerprint density at radius 1 is 1.53 bits per heavy atom. The molecule has 0 radical (unpaired) electrons. The zero-order chi connectivity index (χ0) is 12.7. The Labute approximate surface area is 103 Å². The number of methoxy groups -OCH3 is 1. The Balaban J connectivity index is 2.13. The summed E-state index contributed by atoms with van der Waals surface area (Å²) in [6.45, 7) is 6.71. The van der Waals surface area contributed by atoms with Crippen LogP contribution in [-0.4, -0.2) is 51.0 Å². The zero-order valence-corrected chi connectivity index (χ0v) is 11.0. The standard InChI is InChI=1S/C12H24N2O3/c1-10(2)14-11(15)4-6-13-8-12(16-3)5-7-17-9-12/h10,13H,4-9H2,1-3H3,(H,14,15). The fraction of sp³-hybridized carbons (Fsp3) is 0.917. The lowest BCUT2D eigenvalue weighted by Crippen LogP contribution is -2.44. The highest BCUT2D eigenvalue weighted by atomic mass is 16.5. The van der Waals surface area contributed by atoms with Gasteiger partial charge in [-0.1, -0.05) is 0 Å². The topological polar surface area (TPSA) is 59.6 Å². The highest BCUT2D eigenvalue weighted by Crippen LogP contribution is 2.21. The third kappa shape index (κ3) is 5.02. The zero-order valence-electron chi connectivity index (χ0n) is 11.0. The molecule has 1 rings (SSSR count). The fourth-order valence-corrected chi connectivity index (χ4v) is 1.87. The minimum Gasteiger partial charge on any atom is -0.378 e. The summed E-state index contributed by atoms with van der Waals surface area (Å²) in [4.78, 5) is 11.4. The summed E-state index contributed by atoms with van der Waals surface area (Å²) in [5.74, 6) is 0.0849. The molecule has 1 atom stereocenters. The van der Waals surface area contributed by atoms with Crippen molar-refractivity contribution in [1.82, 2.24) is 10.6 Å². The van der Waals surface area contributed by atoms with E-state index in [9.17, 15) is 4.79 Å². The molecule has 0 aromatic heterocycles. The van der Waals surface area contributed by atoms with Gasteiger partial charge in [-0.15, -0.1) is 0 Å². The molecule has 0 spiro atoms. The van der Waals surface area contributed by atoms with Crippen LogP contribution < -0.4 is 10.6 Å². The second kappa shape index (κ2) is 6.93. The number of hydrogen-bond donors (Lipinski definition) is 2. The van der Waals surface area contributed by atoms with Crippen LogP contribution >= 0.6 is 0 Å². The van der Waals surface area contributed by atoms with E-state index < -0.39 is 0 Å². The van der Waals surface area contributed by atoms with Gasteiger partial charge in [-0.05, 0) is 13.8 Å². The number of carbonyl (C=O) groups excluding carboxylic acids is 1. The van der Waals surface area contributed by atoms with Crippen LogP contribution in [0.5, 0.6) is 0 Å². The lowest BCUT2D eigenvalue weighted by molar-refractivity contribution is -0.121. The molecule has 5 nitrogen and oxygen atoms in total. The van der Waals surface area contributed by atoms with Crippen molar-refractivity contribution in [1.29, 1.82) is 0 Å². The smallest absolute Gasteiger partial charge is 0.221 e. The van der Waals surface area contributed by atoms with E-state index >= 15 is 0 Å². The number of carbonyl (C=O) groups is 1. The predicted octanol–water partition coefficient (Wildman–Crippen LogP) is 0.296. The molecule has 1 fully saturated rings. The van der Waals surface area contributed by atoms with Crippen molar-refractivity contribution in [2.75, 3.05) is 33.4 Å². The van der Waals surface area contributed by atoms with E-state index in [2.05, 4.69) is 10.6 Å². The molecule has 0 saturated carbocycles. The largest absolute Gasteiger partial charge is 0.378 e. The molecule has 1 aliphatic heterocycles. The first-order valence-electron chi connectivity index (χ1n) is 6.21. The van der Waals surface area contributed by atoms with Gasteiger partial charge in [-0.3, -0.25) is 4.79 Å². The molecule has 1 amide bonds. The second-order valence-corrected chi connectivity index (χ2v) is 4.84. The average Bonchev–Trinajstić information content (AvgIpc) is 2.73. The predicted molar refractivity (Wildman–Crippen MR) is 65.9 cm³/mol. The summed E-state index contributed by atoms with van der Waals surface area (Å²) in [6.07, 6.45) is 1.41. The van der Waals surface area contributed by atoms with Crippen molar-refractivity contribution in [3.63, 3.8) is 0 Å². The Hall–Kier alpha value is -0.650. The summed E-state index contributed by atoms with van der Waals surface area (Å²) in [6, 6.07) is 0.205. The van der Waals surface area contributed by atoms with Crippen LogP contribution in [0.1, 0.15) is 26.7 Å². The molecule has 100 valence electrons. The van der Waals surface area contributed by atoms with E-state index in [0.29, 0.717) is 19.6 Å². The molecule has 17 heavy (non-hydrogen) atoms. The Morgan fingerprint density at radius 3 is 2.82 bits per heavy atom. The quantitative estimate of drug-likeness (QED) is 0.632. The first kappa shape index (κ1) is 14.4. The van der Waals surface area contributed by atoms with Gasteiger partial charge < -0.3 is 20.1 Å². The maximum Gasteiger partial charge on any atom is 0.221 e. The molecule has 1 heterocycles. The first-order valence-corrected chi connectivity index (χ1v) is 6.21. The van der Waals surface area contributed by atoms with Crippen LogP contribution in [0, 0.1) is 0 Å². The van der Waals surface area contributed by atoms with Gasteiger partial charge >= 0.3 is 0 Å². The molecule has 0 aromatic carbocycles. The van der Waals surface area contributed by atoms with Gasteiger partial charge in [-0.25, -0.2) is 0 Å². The van der Waals surface area contributed by atoms with E-state index in [0.717, 1.165) is 19.6 Å². The Kier molecular flexibility index (Phi) is 5.88. The van der Waals surface area contributed by atoms with E-state index in [4.69, 9.17) is 9.47 Å². The second-order valence-electron chi connectivity index (χ2n) is 4.84. The molecule has 0 bridgehead atoms. The molecule has 1 unspecified atom stereocenters. The van der Waals surface area contributed by atoms with Gasteiger partial charge in [0.1, 0.15) is 5.60 Å². The van der Waals surface area contributed by atoms with Crippen LogP contribution in [0.4, 0.5) is 0 Å².